The van der Waals surface area contributed by atoms with Crippen molar-refractivity contribution >= 4 is 5.91 Å². The van der Waals surface area contributed by atoms with E-state index in [4.69, 9.17) is 0 Å². The van der Waals surface area contributed by atoms with Crippen LogP contribution in [0.25, 0.3) is 11.3 Å². The third-order valence-corrected chi connectivity index (χ3v) is 4.88. The number of hydrogen-bond donors (Lipinski definition) is 1. The van der Waals surface area contributed by atoms with Crippen LogP contribution in [0.15, 0.2) is 61.1 Å². The zero-order valence-electron chi connectivity index (χ0n) is 15.4. The van der Waals surface area contributed by atoms with Crippen LogP contribution >= 0.6 is 0 Å². The summed E-state index contributed by atoms with van der Waals surface area (Å²) in [5, 5.41) is 7.65. The van der Waals surface area contributed by atoms with Gasteiger partial charge in [-0.2, -0.15) is 5.10 Å². The third kappa shape index (κ3) is 4.06. The molecule has 0 unspecified atom stereocenters. The second kappa shape index (κ2) is 7.72. The van der Waals surface area contributed by atoms with Crippen LogP contribution in [0.1, 0.15) is 22.3 Å². The van der Waals surface area contributed by atoms with E-state index in [0.717, 1.165) is 31.6 Å². The van der Waals surface area contributed by atoms with E-state index in [9.17, 15) is 4.79 Å². The van der Waals surface area contributed by atoms with Gasteiger partial charge in [-0.3, -0.25) is 19.4 Å². The van der Waals surface area contributed by atoms with E-state index in [-0.39, 0.29) is 11.9 Å². The first-order valence-electron chi connectivity index (χ1n) is 9.20. The molecule has 1 aromatic carbocycles. The second-order valence-electron chi connectivity index (χ2n) is 6.98. The van der Waals surface area contributed by atoms with Crippen LogP contribution in [-0.4, -0.2) is 44.7 Å². The molecule has 1 aliphatic heterocycles. The maximum absolute atomic E-state index is 12.9. The molecule has 1 aliphatic rings. The number of aromatic nitrogens is 3. The van der Waals surface area contributed by atoms with Gasteiger partial charge in [-0.15, -0.1) is 0 Å². The van der Waals surface area contributed by atoms with Gasteiger partial charge in [0, 0.05) is 56.9 Å². The molecule has 0 bridgehead atoms. The minimum absolute atomic E-state index is 0.0681. The number of nitrogens with one attached hydrogen (secondary N) is 1. The molecule has 1 N–H and O–H groups in total. The number of carbonyl (C=O) groups excluding carboxylic acids is 1. The average Bonchev–Trinajstić information content (AvgIpc) is 3.29. The first-order valence-corrected chi connectivity index (χ1v) is 9.20. The summed E-state index contributed by atoms with van der Waals surface area (Å²) in [6.45, 7) is 2.78. The van der Waals surface area contributed by atoms with Gasteiger partial charge in [0.1, 0.15) is 5.69 Å². The molecule has 4 rings (SSSR count). The topological polar surface area (TPSA) is 63.1 Å². The summed E-state index contributed by atoms with van der Waals surface area (Å²) >= 11 is 0. The molecular weight excluding hydrogens is 338 g/mol. The number of aryl methyl sites for hydroxylation is 1. The molecule has 1 fully saturated rings. The van der Waals surface area contributed by atoms with E-state index in [1.807, 2.05) is 25.2 Å². The van der Waals surface area contributed by atoms with Crippen LogP contribution in [0.3, 0.4) is 0 Å². The molecule has 6 nitrogen and oxygen atoms in total. The summed E-state index contributed by atoms with van der Waals surface area (Å²) < 4.78 is 1.68. The molecule has 0 radical (unpaired) electrons. The van der Waals surface area contributed by atoms with Crippen molar-refractivity contribution in [3.8, 4) is 11.3 Å². The maximum Gasteiger partial charge on any atom is 0.255 e. The molecule has 1 amide bonds. The van der Waals surface area contributed by atoms with E-state index < -0.39 is 0 Å². The monoisotopic (exact) mass is 361 g/mol. The van der Waals surface area contributed by atoms with Crippen molar-refractivity contribution in [1.82, 2.24) is 25.0 Å². The minimum Gasteiger partial charge on any atom is -0.348 e. The Balaban J connectivity index is 1.42. The minimum atomic E-state index is -0.0681. The normalized spacial score (nSPS) is 17.1. The molecule has 27 heavy (non-hydrogen) atoms. The highest BCUT2D eigenvalue weighted by Crippen LogP contribution is 2.22. The van der Waals surface area contributed by atoms with Gasteiger partial charge in [-0.05, 0) is 24.1 Å². The van der Waals surface area contributed by atoms with Crippen LogP contribution in [0.4, 0.5) is 0 Å². The van der Waals surface area contributed by atoms with Crippen LogP contribution in [0.5, 0.6) is 0 Å². The third-order valence-electron chi connectivity index (χ3n) is 4.88. The maximum atomic E-state index is 12.9. The molecular formula is C21H23N5O. The van der Waals surface area contributed by atoms with Crippen molar-refractivity contribution in [3.05, 3.63) is 72.2 Å². The van der Waals surface area contributed by atoms with Crippen molar-refractivity contribution in [3.63, 3.8) is 0 Å². The quantitative estimate of drug-likeness (QED) is 0.758. The highest BCUT2D eigenvalue weighted by atomic mass is 16.1. The smallest absolute Gasteiger partial charge is 0.255 e. The molecule has 1 atom stereocenters. The van der Waals surface area contributed by atoms with E-state index in [0.29, 0.717) is 11.3 Å². The van der Waals surface area contributed by atoms with E-state index in [2.05, 4.69) is 44.6 Å². The van der Waals surface area contributed by atoms with Gasteiger partial charge < -0.3 is 5.32 Å². The Labute approximate surface area is 158 Å². The van der Waals surface area contributed by atoms with Gasteiger partial charge >= 0.3 is 0 Å². The molecule has 0 spiro atoms. The Morgan fingerprint density at radius 1 is 1.19 bits per heavy atom. The molecule has 0 aliphatic carbocycles. The van der Waals surface area contributed by atoms with Crippen molar-refractivity contribution in [2.24, 2.45) is 7.05 Å². The first kappa shape index (κ1) is 17.4. The summed E-state index contributed by atoms with van der Waals surface area (Å²) in [7, 11) is 1.83. The first-order chi connectivity index (χ1) is 13.2. The number of amides is 1. The van der Waals surface area contributed by atoms with Crippen molar-refractivity contribution in [1.29, 1.82) is 0 Å². The number of nitrogens with zero attached hydrogens (tertiary/aromatic N) is 4. The largest absolute Gasteiger partial charge is 0.348 e. The number of hydrogen-bond acceptors (Lipinski definition) is 4. The highest BCUT2D eigenvalue weighted by Gasteiger charge is 2.26. The summed E-state index contributed by atoms with van der Waals surface area (Å²) in [4.78, 5) is 19.3. The average molecular weight is 361 g/mol. The van der Waals surface area contributed by atoms with Gasteiger partial charge in [0.05, 0.1) is 5.56 Å². The molecule has 138 valence electrons. The molecule has 3 heterocycles. The molecule has 0 saturated carbocycles. The van der Waals surface area contributed by atoms with Gasteiger partial charge in [-0.25, -0.2) is 0 Å². The molecule has 6 heteroatoms. The van der Waals surface area contributed by atoms with Crippen LogP contribution < -0.4 is 5.32 Å². The Kier molecular flexibility index (Phi) is 4.98. The number of likely N-dealkylation sites (tertiary alicyclic amines) is 1. The Hall–Kier alpha value is -2.99. The number of pyridine rings is 1. The Morgan fingerprint density at radius 3 is 2.74 bits per heavy atom. The fraction of sp³-hybridized carbons (Fsp3) is 0.286. The standard InChI is InChI=1S/C21H23N5O/c1-25-15-19(20(24-25)17-7-10-22-11-8-17)21(27)23-18-9-12-26(14-18)13-16-5-3-2-4-6-16/h2-8,10-11,15,18H,9,12-14H2,1H3,(H,23,27)/t18-/m0/s1. The predicted octanol–water partition coefficient (Wildman–Crippen LogP) is 2.49. The van der Waals surface area contributed by atoms with Crippen molar-refractivity contribution < 1.29 is 4.79 Å². The van der Waals surface area contributed by atoms with E-state index in [1.165, 1.54) is 5.56 Å². The lowest BCUT2D eigenvalue weighted by atomic mass is 10.1. The van der Waals surface area contributed by atoms with Crippen LogP contribution in [0.2, 0.25) is 0 Å². The van der Waals surface area contributed by atoms with Crippen LogP contribution in [0, 0.1) is 0 Å². The summed E-state index contributed by atoms with van der Waals surface area (Å²) in [5.74, 6) is -0.0681. The predicted molar refractivity (Wildman–Crippen MR) is 104 cm³/mol. The summed E-state index contributed by atoms with van der Waals surface area (Å²) in [5.41, 5.74) is 3.49. The molecule has 3 aromatic rings. The van der Waals surface area contributed by atoms with Gasteiger partial charge in [0.15, 0.2) is 0 Å². The van der Waals surface area contributed by atoms with Crippen LogP contribution in [-0.2, 0) is 13.6 Å². The Bertz CT molecular complexity index is 907. The zero-order valence-corrected chi connectivity index (χ0v) is 15.4. The SMILES string of the molecule is Cn1cc(C(=O)N[C@H]2CCN(Cc3ccccc3)C2)c(-c2ccncc2)n1. The summed E-state index contributed by atoms with van der Waals surface area (Å²) in [6.07, 6.45) is 6.17. The lowest BCUT2D eigenvalue weighted by molar-refractivity contribution is 0.0938. The van der Waals surface area contributed by atoms with Gasteiger partial charge in [-0.1, -0.05) is 30.3 Å². The summed E-state index contributed by atoms with van der Waals surface area (Å²) in [6, 6.07) is 14.3. The second-order valence-corrected chi connectivity index (χ2v) is 6.98. The van der Waals surface area contributed by atoms with Gasteiger partial charge in [0.25, 0.3) is 5.91 Å². The number of carbonyl (C=O) groups is 1. The number of benzene rings is 1. The fourth-order valence-electron chi connectivity index (χ4n) is 3.58. The fourth-order valence-corrected chi connectivity index (χ4v) is 3.58. The van der Waals surface area contributed by atoms with E-state index >= 15 is 0 Å². The molecule has 2 aromatic heterocycles. The number of rotatable bonds is 5. The van der Waals surface area contributed by atoms with Crippen molar-refractivity contribution in [2.75, 3.05) is 13.1 Å². The zero-order chi connectivity index (χ0) is 18.6. The van der Waals surface area contributed by atoms with E-state index in [1.54, 1.807) is 23.3 Å². The lowest BCUT2D eigenvalue weighted by Crippen LogP contribution is -2.37. The lowest BCUT2D eigenvalue weighted by Gasteiger charge is -2.16. The highest BCUT2D eigenvalue weighted by molar-refractivity contribution is 5.99. The molecule has 1 saturated heterocycles. The van der Waals surface area contributed by atoms with Crippen molar-refractivity contribution in [2.45, 2.75) is 19.0 Å². The van der Waals surface area contributed by atoms with Gasteiger partial charge in [0.2, 0.25) is 0 Å². The Morgan fingerprint density at radius 2 is 1.96 bits per heavy atom.